The summed E-state index contributed by atoms with van der Waals surface area (Å²) in [4.78, 5) is 2.34. The van der Waals surface area contributed by atoms with E-state index in [0.717, 1.165) is 30.3 Å². The standard InChI is InChI=1S/C15H23ClN2O/c1-18(13-4-3-5-13)14-7-6-12(15(16)10-14)11-17-8-9-19-2/h6-7,10,13,17H,3-5,8-9,11H2,1-2H3. The van der Waals surface area contributed by atoms with Crippen LogP contribution in [0.3, 0.4) is 0 Å². The maximum Gasteiger partial charge on any atom is 0.0587 e. The predicted octanol–water partition coefficient (Wildman–Crippen LogP) is 3.06. The van der Waals surface area contributed by atoms with E-state index in [1.165, 1.54) is 24.9 Å². The molecule has 0 heterocycles. The lowest BCUT2D eigenvalue weighted by Crippen LogP contribution is -2.37. The van der Waals surface area contributed by atoms with Crippen LogP contribution in [0.2, 0.25) is 5.02 Å². The number of hydrogen-bond donors (Lipinski definition) is 1. The SMILES string of the molecule is COCCNCc1ccc(N(C)C2CCC2)cc1Cl. The fourth-order valence-corrected chi connectivity index (χ4v) is 2.52. The monoisotopic (exact) mass is 282 g/mol. The van der Waals surface area contributed by atoms with Crippen LogP contribution >= 0.6 is 11.6 Å². The second kappa shape index (κ2) is 7.13. The zero-order valence-corrected chi connectivity index (χ0v) is 12.5. The third kappa shape index (κ3) is 3.85. The summed E-state index contributed by atoms with van der Waals surface area (Å²) in [7, 11) is 3.87. The number of rotatable bonds is 7. The Bertz CT molecular complexity index is 407. The van der Waals surface area contributed by atoms with Crippen molar-refractivity contribution in [1.82, 2.24) is 5.32 Å². The summed E-state index contributed by atoms with van der Waals surface area (Å²) in [6.07, 6.45) is 3.95. The van der Waals surface area contributed by atoms with Gasteiger partial charge in [0.1, 0.15) is 0 Å². The van der Waals surface area contributed by atoms with Crippen LogP contribution in [0.5, 0.6) is 0 Å². The first-order valence-electron chi connectivity index (χ1n) is 6.93. The quantitative estimate of drug-likeness (QED) is 0.778. The minimum Gasteiger partial charge on any atom is -0.383 e. The molecular weight excluding hydrogens is 260 g/mol. The van der Waals surface area contributed by atoms with Crippen LogP contribution in [-0.2, 0) is 11.3 Å². The number of nitrogens with zero attached hydrogens (tertiary/aromatic N) is 1. The Labute approximate surface area is 120 Å². The van der Waals surface area contributed by atoms with E-state index in [-0.39, 0.29) is 0 Å². The predicted molar refractivity (Wildman–Crippen MR) is 81.1 cm³/mol. The Balaban J connectivity index is 1.92. The maximum absolute atomic E-state index is 6.35. The van der Waals surface area contributed by atoms with Gasteiger partial charge in [-0.25, -0.2) is 0 Å². The van der Waals surface area contributed by atoms with Crippen molar-refractivity contribution in [2.24, 2.45) is 0 Å². The second-order valence-corrected chi connectivity index (χ2v) is 5.55. The molecule has 106 valence electrons. The van der Waals surface area contributed by atoms with Crippen LogP contribution in [0.1, 0.15) is 24.8 Å². The fourth-order valence-electron chi connectivity index (χ4n) is 2.28. The van der Waals surface area contributed by atoms with E-state index < -0.39 is 0 Å². The number of halogens is 1. The lowest BCUT2D eigenvalue weighted by Gasteiger charge is -2.36. The van der Waals surface area contributed by atoms with Crippen molar-refractivity contribution in [3.8, 4) is 0 Å². The first kappa shape index (κ1) is 14.6. The number of methoxy groups -OCH3 is 1. The van der Waals surface area contributed by atoms with E-state index in [9.17, 15) is 0 Å². The van der Waals surface area contributed by atoms with Crippen LogP contribution in [0.25, 0.3) is 0 Å². The molecular formula is C15H23ClN2O. The molecule has 1 aromatic rings. The zero-order valence-electron chi connectivity index (χ0n) is 11.8. The van der Waals surface area contributed by atoms with E-state index in [1.807, 2.05) is 0 Å². The Morgan fingerprint density at radius 1 is 1.42 bits per heavy atom. The Kier molecular flexibility index (Phi) is 5.49. The number of anilines is 1. The Morgan fingerprint density at radius 3 is 2.79 bits per heavy atom. The van der Waals surface area contributed by atoms with Crippen LogP contribution in [0, 0.1) is 0 Å². The van der Waals surface area contributed by atoms with Crippen LogP contribution in [0.4, 0.5) is 5.69 Å². The molecule has 3 nitrogen and oxygen atoms in total. The molecule has 1 saturated carbocycles. The molecule has 0 unspecified atom stereocenters. The number of ether oxygens (including phenoxy) is 1. The summed E-state index contributed by atoms with van der Waals surface area (Å²) < 4.78 is 5.00. The highest BCUT2D eigenvalue weighted by molar-refractivity contribution is 6.31. The number of nitrogens with one attached hydrogen (secondary N) is 1. The van der Waals surface area contributed by atoms with Crippen molar-refractivity contribution in [1.29, 1.82) is 0 Å². The van der Waals surface area contributed by atoms with Gasteiger partial charge in [-0.3, -0.25) is 0 Å². The van der Waals surface area contributed by atoms with E-state index in [2.05, 4.69) is 35.5 Å². The molecule has 1 fully saturated rings. The van der Waals surface area contributed by atoms with Crippen molar-refractivity contribution in [3.05, 3.63) is 28.8 Å². The molecule has 2 rings (SSSR count). The molecule has 0 bridgehead atoms. The number of hydrogen-bond acceptors (Lipinski definition) is 3. The summed E-state index contributed by atoms with van der Waals surface area (Å²) in [6, 6.07) is 7.05. The van der Waals surface area contributed by atoms with E-state index in [0.29, 0.717) is 6.04 Å². The molecule has 0 aromatic heterocycles. The topological polar surface area (TPSA) is 24.5 Å². The lowest BCUT2D eigenvalue weighted by atomic mass is 9.91. The maximum atomic E-state index is 6.35. The Hall–Kier alpha value is -0.770. The van der Waals surface area contributed by atoms with E-state index >= 15 is 0 Å². The highest BCUT2D eigenvalue weighted by Crippen LogP contribution is 2.30. The average molecular weight is 283 g/mol. The summed E-state index contributed by atoms with van der Waals surface area (Å²) in [5.41, 5.74) is 2.36. The number of benzene rings is 1. The molecule has 1 aliphatic carbocycles. The van der Waals surface area contributed by atoms with Crippen molar-refractivity contribution in [3.63, 3.8) is 0 Å². The van der Waals surface area contributed by atoms with Gasteiger partial charge in [0, 0.05) is 44.0 Å². The molecule has 4 heteroatoms. The van der Waals surface area contributed by atoms with Crippen molar-refractivity contribution in [2.45, 2.75) is 31.8 Å². The molecule has 1 aromatic carbocycles. The smallest absolute Gasteiger partial charge is 0.0587 e. The molecule has 0 atom stereocenters. The van der Waals surface area contributed by atoms with Gasteiger partial charge in [-0.1, -0.05) is 17.7 Å². The summed E-state index contributed by atoms with van der Waals surface area (Å²) in [6.45, 7) is 2.35. The lowest BCUT2D eigenvalue weighted by molar-refractivity contribution is 0.199. The van der Waals surface area contributed by atoms with Gasteiger partial charge in [0.2, 0.25) is 0 Å². The first-order valence-corrected chi connectivity index (χ1v) is 7.31. The van der Waals surface area contributed by atoms with Gasteiger partial charge < -0.3 is 15.0 Å². The average Bonchev–Trinajstić information content (AvgIpc) is 2.34. The normalized spacial score (nSPS) is 15.3. The molecule has 0 saturated heterocycles. The van der Waals surface area contributed by atoms with Crippen LogP contribution in [-0.4, -0.2) is 33.4 Å². The second-order valence-electron chi connectivity index (χ2n) is 5.14. The molecule has 1 N–H and O–H groups in total. The van der Waals surface area contributed by atoms with Gasteiger partial charge in [-0.2, -0.15) is 0 Å². The molecule has 0 aliphatic heterocycles. The highest BCUT2D eigenvalue weighted by atomic mass is 35.5. The molecule has 0 amide bonds. The third-order valence-corrected chi connectivity index (χ3v) is 4.22. The zero-order chi connectivity index (χ0) is 13.7. The molecule has 0 spiro atoms. The Morgan fingerprint density at radius 2 is 2.21 bits per heavy atom. The minimum absolute atomic E-state index is 0.696. The van der Waals surface area contributed by atoms with Gasteiger partial charge in [-0.15, -0.1) is 0 Å². The van der Waals surface area contributed by atoms with Crippen molar-refractivity contribution < 1.29 is 4.74 Å². The van der Waals surface area contributed by atoms with Crippen LogP contribution in [0.15, 0.2) is 18.2 Å². The minimum atomic E-state index is 0.696. The third-order valence-electron chi connectivity index (χ3n) is 3.86. The molecule has 1 aliphatic rings. The highest BCUT2D eigenvalue weighted by Gasteiger charge is 2.22. The summed E-state index contributed by atoms with van der Waals surface area (Å²) in [5.74, 6) is 0. The molecule has 0 radical (unpaired) electrons. The van der Waals surface area contributed by atoms with Gasteiger partial charge in [-0.05, 0) is 37.0 Å². The van der Waals surface area contributed by atoms with Gasteiger partial charge in [0.05, 0.1) is 6.61 Å². The van der Waals surface area contributed by atoms with Crippen molar-refractivity contribution in [2.75, 3.05) is 32.2 Å². The summed E-state index contributed by atoms with van der Waals surface area (Å²) >= 11 is 6.35. The largest absolute Gasteiger partial charge is 0.383 e. The van der Waals surface area contributed by atoms with Crippen LogP contribution < -0.4 is 10.2 Å². The van der Waals surface area contributed by atoms with E-state index in [1.54, 1.807) is 7.11 Å². The molecule has 19 heavy (non-hydrogen) atoms. The van der Waals surface area contributed by atoms with Crippen molar-refractivity contribution >= 4 is 17.3 Å². The fraction of sp³-hybridized carbons (Fsp3) is 0.600. The van der Waals surface area contributed by atoms with Gasteiger partial charge in [0.25, 0.3) is 0 Å². The van der Waals surface area contributed by atoms with E-state index in [4.69, 9.17) is 16.3 Å². The summed E-state index contributed by atoms with van der Waals surface area (Å²) in [5, 5.41) is 4.16. The van der Waals surface area contributed by atoms with Gasteiger partial charge in [0.15, 0.2) is 0 Å². The first-order chi connectivity index (χ1) is 9.22. The van der Waals surface area contributed by atoms with Gasteiger partial charge >= 0.3 is 0 Å².